The van der Waals surface area contributed by atoms with Gasteiger partial charge in [-0.05, 0) is 55.5 Å². The molecule has 0 saturated carbocycles. The molecule has 67 heavy (non-hydrogen) atoms. The molecular formula is C55H64O12. The summed E-state index contributed by atoms with van der Waals surface area (Å²) in [7, 11) is 0. The summed E-state index contributed by atoms with van der Waals surface area (Å²) in [6.07, 6.45) is -7.99. The molecule has 9 rings (SSSR count). The zero-order valence-corrected chi connectivity index (χ0v) is 38.8. The molecule has 12 heteroatoms. The molecule has 5 aromatic carbocycles. The number of ether oxygens (including phenoxy) is 12. The lowest BCUT2D eigenvalue weighted by Gasteiger charge is -2.48. The van der Waals surface area contributed by atoms with Crippen molar-refractivity contribution >= 4 is 0 Å². The molecule has 0 aromatic heterocycles. The highest BCUT2D eigenvalue weighted by Crippen LogP contribution is 2.41. The zero-order chi connectivity index (χ0) is 46.0. The summed E-state index contributed by atoms with van der Waals surface area (Å²) in [5.41, 5.74) is 5.00. The Kier molecular flexibility index (Phi) is 16.2. The molecule has 0 spiro atoms. The number of fused-ring (bicyclic) bond motifs is 1. The van der Waals surface area contributed by atoms with Crippen molar-refractivity contribution in [3.63, 3.8) is 0 Å². The fourth-order valence-electron chi connectivity index (χ4n) is 9.27. The van der Waals surface area contributed by atoms with Crippen molar-refractivity contribution in [1.29, 1.82) is 0 Å². The number of benzene rings is 5. The van der Waals surface area contributed by atoms with Crippen LogP contribution in [0.5, 0.6) is 0 Å². The maximum absolute atomic E-state index is 7.33. The molecule has 0 radical (unpaired) electrons. The molecule has 5 aromatic rings. The van der Waals surface area contributed by atoms with Crippen molar-refractivity contribution in [1.82, 2.24) is 0 Å². The van der Waals surface area contributed by atoms with Crippen LogP contribution in [0.15, 0.2) is 152 Å². The third-order valence-corrected chi connectivity index (χ3v) is 12.7. The van der Waals surface area contributed by atoms with Gasteiger partial charge in [-0.2, -0.15) is 0 Å². The van der Waals surface area contributed by atoms with Crippen LogP contribution in [0.1, 0.15) is 55.5 Å². The minimum atomic E-state index is -0.968. The molecule has 12 nitrogen and oxygen atoms in total. The van der Waals surface area contributed by atoms with Crippen LogP contribution in [0.3, 0.4) is 0 Å². The summed E-state index contributed by atoms with van der Waals surface area (Å²) >= 11 is 0. The van der Waals surface area contributed by atoms with Gasteiger partial charge < -0.3 is 56.8 Å². The molecule has 356 valence electrons. The highest BCUT2D eigenvalue weighted by atomic mass is 16.8. The fourth-order valence-corrected chi connectivity index (χ4v) is 9.27. The van der Waals surface area contributed by atoms with Crippen LogP contribution in [0.2, 0.25) is 0 Å². The lowest BCUT2D eigenvalue weighted by molar-refractivity contribution is -0.364. The minimum absolute atomic E-state index is 0.127. The molecule has 0 bridgehead atoms. The van der Waals surface area contributed by atoms with E-state index >= 15 is 0 Å². The third kappa shape index (κ3) is 12.5. The van der Waals surface area contributed by atoms with Gasteiger partial charge in [-0.3, -0.25) is 0 Å². The van der Waals surface area contributed by atoms with Crippen LogP contribution in [0.4, 0.5) is 0 Å². The molecule has 4 saturated heterocycles. The lowest BCUT2D eigenvalue weighted by Crippen LogP contribution is -2.64. The van der Waals surface area contributed by atoms with E-state index in [0.717, 1.165) is 27.8 Å². The summed E-state index contributed by atoms with van der Waals surface area (Å²) in [5.74, 6) is -0.827. The first-order chi connectivity index (χ1) is 32.8. The van der Waals surface area contributed by atoms with E-state index in [1.54, 1.807) is 0 Å². The van der Waals surface area contributed by atoms with Crippen molar-refractivity contribution in [2.45, 2.75) is 146 Å². The molecule has 0 aliphatic carbocycles. The van der Waals surface area contributed by atoms with Crippen LogP contribution in [0.25, 0.3) is 0 Å². The third-order valence-electron chi connectivity index (χ3n) is 12.7. The van der Waals surface area contributed by atoms with Gasteiger partial charge in [-0.15, -0.1) is 0 Å². The highest BCUT2D eigenvalue weighted by molar-refractivity contribution is 5.17. The molecule has 7 unspecified atom stereocenters. The number of rotatable bonds is 19. The summed E-state index contributed by atoms with van der Waals surface area (Å²) in [4.78, 5) is 0. The van der Waals surface area contributed by atoms with Gasteiger partial charge in [0.15, 0.2) is 18.4 Å². The van der Waals surface area contributed by atoms with E-state index in [0.29, 0.717) is 19.8 Å². The minimum Gasteiger partial charge on any atom is -0.370 e. The SMILES string of the molecule is C[C@@H]1O[C@H](C)C(O[C@@H]2OC[C@@H](OCc3ccccc3)C(O[C@@H]3OC[C@@H](OCc4ccccc4)C(OCc4ccccc4)C3OCc3ccccc3)C2OCc2ccccc2)C2OC(C)(C)OC21. The van der Waals surface area contributed by atoms with Crippen LogP contribution in [-0.4, -0.2) is 98.7 Å². The molecule has 13 atom stereocenters. The molecule has 0 amide bonds. The Morgan fingerprint density at radius 2 is 0.746 bits per heavy atom. The van der Waals surface area contributed by atoms with E-state index in [9.17, 15) is 0 Å². The first kappa shape index (κ1) is 47.7. The average Bonchev–Trinajstić information content (AvgIpc) is 3.70. The summed E-state index contributed by atoms with van der Waals surface area (Å²) in [5, 5.41) is 0. The van der Waals surface area contributed by atoms with E-state index in [-0.39, 0.29) is 44.7 Å². The lowest BCUT2D eigenvalue weighted by atomic mass is 9.96. The van der Waals surface area contributed by atoms with Crippen molar-refractivity contribution < 1.29 is 56.8 Å². The summed E-state index contributed by atoms with van der Waals surface area (Å²) < 4.78 is 81.4. The van der Waals surface area contributed by atoms with Crippen LogP contribution < -0.4 is 0 Å². The van der Waals surface area contributed by atoms with Crippen molar-refractivity contribution in [3.05, 3.63) is 179 Å². The van der Waals surface area contributed by atoms with Gasteiger partial charge >= 0.3 is 0 Å². The van der Waals surface area contributed by atoms with Gasteiger partial charge in [0.25, 0.3) is 0 Å². The van der Waals surface area contributed by atoms with E-state index in [4.69, 9.17) is 56.8 Å². The predicted molar refractivity (Wildman–Crippen MR) is 248 cm³/mol. The maximum Gasteiger partial charge on any atom is 0.187 e. The van der Waals surface area contributed by atoms with Crippen molar-refractivity contribution in [3.8, 4) is 0 Å². The molecule has 4 heterocycles. The number of hydrogen-bond donors (Lipinski definition) is 0. The van der Waals surface area contributed by atoms with Gasteiger partial charge in [0.2, 0.25) is 0 Å². The van der Waals surface area contributed by atoms with Gasteiger partial charge in [0.05, 0.1) is 58.5 Å². The zero-order valence-electron chi connectivity index (χ0n) is 38.8. The van der Waals surface area contributed by atoms with Gasteiger partial charge in [-0.25, -0.2) is 0 Å². The first-order valence-electron chi connectivity index (χ1n) is 23.6. The Morgan fingerprint density at radius 1 is 0.403 bits per heavy atom. The second-order valence-electron chi connectivity index (χ2n) is 18.2. The van der Waals surface area contributed by atoms with Gasteiger partial charge in [0, 0.05) is 0 Å². The summed E-state index contributed by atoms with van der Waals surface area (Å²) in [6, 6.07) is 50.3. The van der Waals surface area contributed by atoms with Crippen LogP contribution in [0, 0.1) is 0 Å². The Labute approximate surface area is 394 Å². The Hall–Kier alpha value is -4.38. The largest absolute Gasteiger partial charge is 0.370 e. The second-order valence-corrected chi connectivity index (χ2v) is 18.2. The van der Waals surface area contributed by atoms with Gasteiger partial charge in [0.1, 0.15) is 54.9 Å². The Bertz CT molecular complexity index is 2200. The Balaban J connectivity index is 1.05. The monoisotopic (exact) mass is 916 g/mol. The molecule has 0 N–H and O–H groups in total. The van der Waals surface area contributed by atoms with Crippen LogP contribution >= 0.6 is 0 Å². The van der Waals surface area contributed by atoms with E-state index < -0.39 is 67.2 Å². The van der Waals surface area contributed by atoms with E-state index in [1.807, 2.05) is 179 Å². The Morgan fingerprint density at radius 3 is 1.18 bits per heavy atom. The molecule has 4 fully saturated rings. The number of hydrogen-bond acceptors (Lipinski definition) is 12. The smallest absolute Gasteiger partial charge is 0.187 e. The van der Waals surface area contributed by atoms with Crippen LogP contribution in [-0.2, 0) is 89.9 Å². The van der Waals surface area contributed by atoms with Crippen molar-refractivity contribution in [2.75, 3.05) is 13.2 Å². The standard InChI is InChI=1S/C55H64O12/c1-37-46(50-47(38(2)63-37)66-55(3,4)67-50)64-54-52(60-34-43-28-18-9-19-29-43)49(45(36-62-54)57-31-40-22-12-6-13-23-40)65-53-51(59-33-42-26-16-8-17-27-42)48(58-32-41-24-14-7-15-25-41)44(35-61-53)56-30-39-20-10-5-11-21-39/h5-29,37-38,44-54H,30-36H2,1-4H3/t37-,38+,44-,45-,46?,47?,48?,49?,50?,51?,52?,53+,54+/m1/s1. The fraction of sp³-hybridized carbons (Fsp3) is 0.455. The highest BCUT2D eigenvalue weighted by Gasteiger charge is 2.56. The van der Waals surface area contributed by atoms with E-state index in [2.05, 4.69) is 0 Å². The predicted octanol–water partition coefficient (Wildman–Crippen LogP) is 8.72. The van der Waals surface area contributed by atoms with E-state index in [1.165, 1.54) is 0 Å². The van der Waals surface area contributed by atoms with Gasteiger partial charge in [-0.1, -0.05) is 152 Å². The molecule has 4 aliphatic heterocycles. The molecular weight excluding hydrogens is 853 g/mol. The first-order valence-corrected chi connectivity index (χ1v) is 23.6. The second kappa shape index (κ2) is 22.8. The summed E-state index contributed by atoms with van der Waals surface area (Å²) in [6.45, 7) is 9.61. The maximum atomic E-state index is 7.33. The molecule has 4 aliphatic rings. The average molecular weight is 917 g/mol. The topological polar surface area (TPSA) is 111 Å². The van der Waals surface area contributed by atoms with Crippen molar-refractivity contribution in [2.24, 2.45) is 0 Å². The quantitative estimate of drug-likeness (QED) is 0.0791. The normalized spacial score (nSPS) is 31.6.